The van der Waals surface area contributed by atoms with Crippen LogP contribution in [0.5, 0.6) is 0 Å². The van der Waals surface area contributed by atoms with E-state index in [-0.39, 0.29) is 5.41 Å². The Morgan fingerprint density at radius 2 is 2.00 bits per heavy atom. The Bertz CT molecular complexity index is 374. The van der Waals surface area contributed by atoms with E-state index in [1.165, 1.54) is 5.56 Å². The molecule has 1 aliphatic heterocycles. The van der Waals surface area contributed by atoms with Crippen LogP contribution in [-0.2, 0) is 0 Å². The Morgan fingerprint density at radius 1 is 1.33 bits per heavy atom. The van der Waals surface area contributed by atoms with E-state index < -0.39 is 0 Å². The van der Waals surface area contributed by atoms with Crippen molar-refractivity contribution in [1.82, 2.24) is 4.90 Å². The van der Waals surface area contributed by atoms with Gasteiger partial charge in [0.1, 0.15) is 0 Å². The van der Waals surface area contributed by atoms with E-state index in [0.29, 0.717) is 18.6 Å². The zero-order valence-electron chi connectivity index (χ0n) is 11.8. The van der Waals surface area contributed by atoms with Gasteiger partial charge in [0.15, 0.2) is 0 Å². The third kappa shape index (κ3) is 2.76. The van der Waals surface area contributed by atoms with Crippen molar-refractivity contribution >= 4 is 0 Å². The summed E-state index contributed by atoms with van der Waals surface area (Å²) in [7, 11) is 0. The van der Waals surface area contributed by atoms with Crippen molar-refractivity contribution < 1.29 is 5.11 Å². The van der Waals surface area contributed by atoms with Crippen LogP contribution in [0, 0.1) is 11.3 Å². The normalized spacial score (nSPS) is 25.9. The minimum absolute atomic E-state index is 0.266. The average molecular weight is 247 g/mol. The van der Waals surface area contributed by atoms with Crippen LogP contribution in [0.15, 0.2) is 30.3 Å². The Balaban J connectivity index is 2.07. The van der Waals surface area contributed by atoms with Crippen LogP contribution in [-0.4, -0.2) is 29.7 Å². The molecule has 1 aliphatic rings. The molecule has 2 atom stereocenters. The van der Waals surface area contributed by atoms with E-state index in [4.69, 9.17) is 0 Å². The summed E-state index contributed by atoms with van der Waals surface area (Å²) in [6.07, 6.45) is 1.16. The first-order valence-corrected chi connectivity index (χ1v) is 6.94. The molecule has 2 unspecified atom stereocenters. The number of hydrogen-bond donors (Lipinski definition) is 1. The number of likely N-dealkylation sites (tertiary alicyclic amines) is 1. The molecule has 1 fully saturated rings. The van der Waals surface area contributed by atoms with Gasteiger partial charge in [-0.1, -0.05) is 44.2 Å². The van der Waals surface area contributed by atoms with Crippen molar-refractivity contribution in [3.63, 3.8) is 0 Å². The van der Waals surface area contributed by atoms with Gasteiger partial charge in [-0.05, 0) is 36.8 Å². The lowest BCUT2D eigenvalue weighted by Gasteiger charge is -2.45. The molecule has 0 aromatic heterocycles. The number of nitrogens with zero attached hydrogens (tertiary/aromatic N) is 1. The summed E-state index contributed by atoms with van der Waals surface area (Å²) < 4.78 is 0. The number of hydrogen-bond acceptors (Lipinski definition) is 2. The van der Waals surface area contributed by atoms with Gasteiger partial charge in [-0.2, -0.15) is 0 Å². The van der Waals surface area contributed by atoms with Crippen LogP contribution in [0.1, 0.15) is 38.8 Å². The summed E-state index contributed by atoms with van der Waals surface area (Å²) in [4.78, 5) is 2.50. The Kier molecular flexibility index (Phi) is 4.08. The zero-order chi connectivity index (χ0) is 13.2. The molecule has 0 aliphatic carbocycles. The highest BCUT2D eigenvalue weighted by atomic mass is 16.3. The summed E-state index contributed by atoms with van der Waals surface area (Å²) in [6, 6.07) is 11.1. The lowest BCUT2D eigenvalue weighted by atomic mass is 9.73. The third-order valence-electron chi connectivity index (χ3n) is 4.65. The summed E-state index contributed by atoms with van der Waals surface area (Å²) in [6.45, 7) is 9.24. The van der Waals surface area contributed by atoms with Gasteiger partial charge in [-0.25, -0.2) is 0 Å². The van der Waals surface area contributed by atoms with Crippen LogP contribution in [0.4, 0.5) is 0 Å². The highest BCUT2D eigenvalue weighted by Crippen LogP contribution is 2.38. The molecule has 0 bridgehead atoms. The molecule has 1 aromatic rings. The third-order valence-corrected chi connectivity index (χ3v) is 4.65. The van der Waals surface area contributed by atoms with Gasteiger partial charge in [0.05, 0.1) is 0 Å². The van der Waals surface area contributed by atoms with E-state index >= 15 is 0 Å². The second-order valence-corrected chi connectivity index (χ2v) is 6.20. The Hall–Kier alpha value is -0.860. The predicted octanol–water partition coefficient (Wildman–Crippen LogP) is 3.09. The quantitative estimate of drug-likeness (QED) is 0.887. The molecule has 1 aromatic carbocycles. The molecule has 18 heavy (non-hydrogen) atoms. The van der Waals surface area contributed by atoms with Gasteiger partial charge in [-0.3, -0.25) is 4.90 Å². The minimum Gasteiger partial charge on any atom is -0.396 e. The smallest absolute Gasteiger partial charge is 0.0476 e. The van der Waals surface area contributed by atoms with E-state index in [1.54, 1.807) is 0 Å². The topological polar surface area (TPSA) is 23.5 Å². The number of rotatable bonds is 3. The van der Waals surface area contributed by atoms with Crippen molar-refractivity contribution in [1.29, 1.82) is 0 Å². The summed E-state index contributed by atoms with van der Waals surface area (Å²) in [5, 5.41) is 9.57. The first kappa shape index (κ1) is 13.6. The van der Waals surface area contributed by atoms with Crippen molar-refractivity contribution in [2.24, 2.45) is 11.3 Å². The largest absolute Gasteiger partial charge is 0.396 e. The van der Waals surface area contributed by atoms with Crippen molar-refractivity contribution in [2.45, 2.75) is 33.2 Å². The van der Waals surface area contributed by atoms with E-state index in [9.17, 15) is 5.11 Å². The number of benzene rings is 1. The maximum absolute atomic E-state index is 9.57. The van der Waals surface area contributed by atoms with Crippen molar-refractivity contribution in [3.8, 4) is 0 Å². The fourth-order valence-corrected chi connectivity index (χ4v) is 2.86. The lowest BCUT2D eigenvalue weighted by Crippen LogP contribution is -2.46. The molecular weight excluding hydrogens is 222 g/mol. The van der Waals surface area contributed by atoms with E-state index in [0.717, 1.165) is 19.5 Å². The van der Waals surface area contributed by atoms with Crippen LogP contribution in [0.2, 0.25) is 0 Å². The molecule has 2 rings (SSSR count). The first-order valence-electron chi connectivity index (χ1n) is 6.94. The number of aliphatic hydroxyl groups excluding tert-OH is 1. The van der Waals surface area contributed by atoms with E-state index in [1.807, 2.05) is 0 Å². The monoisotopic (exact) mass is 247 g/mol. The number of piperidine rings is 1. The molecule has 0 radical (unpaired) electrons. The molecule has 2 heteroatoms. The Labute approximate surface area is 111 Å². The fraction of sp³-hybridized carbons (Fsp3) is 0.625. The molecule has 0 saturated carbocycles. The van der Waals surface area contributed by atoms with Gasteiger partial charge >= 0.3 is 0 Å². The summed E-state index contributed by atoms with van der Waals surface area (Å²) in [5.74, 6) is 0.386. The molecule has 100 valence electrons. The van der Waals surface area contributed by atoms with Crippen LogP contribution >= 0.6 is 0 Å². The SMILES string of the molecule is CC(c1ccccc1)N1CCC(C)(C)C(CO)C1. The van der Waals surface area contributed by atoms with Crippen LogP contribution in [0.3, 0.4) is 0 Å². The van der Waals surface area contributed by atoms with Gasteiger partial charge in [0, 0.05) is 19.2 Å². The second kappa shape index (κ2) is 5.41. The minimum atomic E-state index is 0.266. The van der Waals surface area contributed by atoms with Gasteiger partial charge < -0.3 is 5.11 Å². The molecule has 1 N–H and O–H groups in total. The highest BCUT2D eigenvalue weighted by molar-refractivity contribution is 5.18. The summed E-state index contributed by atoms with van der Waals surface area (Å²) >= 11 is 0. The molecule has 1 heterocycles. The fourth-order valence-electron chi connectivity index (χ4n) is 2.86. The molecular formula is C16H25NO. The summed E-state index contributed by atoms with van der Waals surface area (Å²) in [5.41, 5.74) is 1.63. The first-order chi connectivity index (χ1) is 8.54. The predicted molar refractivity (Wildman–Crippen MR) is 75.4 cm³/mol. The maximum atomic E-state index is 9.57. The maximum Gasteiger partial charge on any atom is 0.0476 e. The van der Waals surface area contributed by atoms with E-state index in [2.05, 4.69) is 56.0 Å². The van der Waals surface area contributed by atoms with Gasteiger partial charge in [0.25, 0.3) is 0 Å². The Morgan fingerprint density at radius 3 is 2.61 bits per heavy atom. The molecule has 1 saturated heterocycles. The number of aliphatic hydroxyl groups is 1. The van der Waals surface area contributed by atoms with Gasteiger partial charge in [-0.15, -0.1) is 0 Å². The lowest BCUT2D eigenvalue weighted by molar-refractivity contribution is 0.00656. The van der Waals surface area contributed by atoms with Crippen LogP contribution in [0.25, 0.3) is 0 Å². The standard InChI is InChI=1S/C16H25NO/c1-13(14-7-5-4-6-8-14)17-10-9-16(2,3)15(11-17)12-18/h4-8,13,15,18H,9-12H2,1-3H3. The molecule has 2 nitrogen and oxygen atoms in total. The highest BCUT2D eigenvalue weighted by Gasteiger charge is 2.36. The van der Waals surface area contributed by atoms with Crippen LogP contribution < -0.4 is 0 Å². The average Bonchev–Trinajstić information content (AvgIpc) is 2.39. The second-order valence-electron chi connectivity index (χ2n) is 6.20. The van der Waals surface area contributed by atoms with Crippen molar-refractivity contribution in [3.05, 3.63) is 35.9 Å². The van der Waals surface area contributed by atoms with Gasteiger partial charge in [0.2, 0.25) is 0 Å². The zero-order valence-corrected chi connectivity index (χ0v) is 11.8. The van der Waals surface area contributed by atoms with Crippen molar-refractivity contribution in [2.75, 3.05) is 19.7 Å². The molecule has 0 amide bonds. The molecule has 0 spiro atoms.